The van der Waals surface area contributed by atoms with Gasteiger partial charge in [-0.05, 0) is 43.4 Å². The molecule has 0 saturated carbocycles. The van der Waals surface area contributed by atoms with Crippen molar-refractivity contribution in [3.8, 4) is 5.75 Å². The van der Waals surface area contributed by atoms with Gasteiger partial charge in [0.15, 0.2) is 5.96 Å². The molecule has 1 aromatic rings. The number of hydrogen-bond donors (Lipinski definition) is 2. The van der Waals surface area contributed by atoms with E-state index in [2.05, 4.69) is 31.6 Å². The zero-order valence-electron chi connectivity index (χ0n) is 15.7. The van der Waals surface area contributed by atoms with E-state index in [1.54, 1.807) is 14.2 Å². The van der Waals surface area contributed by atoms with Gasteiger partial charge in [-0.25, -0.2) is 0 Å². The van der Waals surface area contributed by atoms with Crippen LogP contribution in [0.5, 0.6) is 5.75 Å². The molecule has 26 heavy (non-hydrogen) atoms. The summed E-state index contributed by atoms with van der Waals surface area (Å²) < 4.78 is 17.6. The van der Waals surface area contributed by atoms with E-state index in [9.17, 15) is 0 Å². The number of rotatable bonds is 9. The Labute approximate surface area is 164 Å². The van der Waals surface area contributed by atoms with Gasteiger partial charge in [0, 0.05) is 56.6 Å². The summed E-state index contributed by atoms with van der Waals surface area (Å²) >= 11 is 3.49. The Balaban J connectivity index is 1.61. The molecule has 0 radical (unpaired) electrons. The third kappa shape index (κ3) is 7.51. The highest BCUT2D eigenvalue weighted by Crippen LogP contribution is 2.22. The number of hydrogen-bond acceptors (Lipinski definition) is 4. The summed E-state index contributed by atoms with van der Waals surface area (Å²) in [7, 11) is 3.45. The maximum atomic E-state index is 5.78. The number of methoxy groups -OCH3 is 1. The highest BCUT2D eigenvalue weighted by Gasteiger charge is 2.13. The average Bonchev–Trinajstić information content (AvgIpc) is 2.67. The second-order valence-electron chi connectivity index (χ2n) is 6.29. The van der Waals surface area contributed by atoms with Crippen molar-refractivity contribution >= 4 is 21.9 Å². The molecule has 0 aromatic heterocycles. The number of halogens is 1. The molecule has 6 nitrogen and oxygen atoms in total. The highest BCUT2D eigenvalue weighted by atomic mass is 79.9. The van der Waals surface area contributed by atoms with Gasteiger partial charge in [0.25, 0.3) is 0 Å². The fraction of sp³-hybridized carbons (Fsp3) is 0.632. The van der Waals surface area contributed by atoms with E-state index in [0.29, 0.717) is 12.5 Å². The molecule has 2 rings (SSSR count). The van der Waals surface area contributed by atoms with Crippen molar-refractivity contribution in [1.29, 1.82) is 0 Å². The van der Waals surface area contributed by atoms with E-state index in [1.807, 2.05) is 18.2 Å². The van der Waals surface area contributed by atoms with Crippen LogP contribution in [0.15, 0.2) is 27.7 Å². The third-order valence-electron chi connectivity index (χ3n) is 4.36. The molecular formula is C19H30BrN3O3. The van der Waals surface area contributed by atoms with Gasteiger partial charge >= 0.3 is 0 Å². The number of aliphatic imine (C=N–C) groups is 1. The fourth-order valence-electron chi connectivity index (χ4n) is 2.83. The number of nitrogens with one attached hydrogen (secondary N) is 2. The predicted octanol–water partition coefficient (Wildman–Crippen LogP) is 2.96. The first-order valence-electron chi connectivity index (χ1n) is 9.15. The number of nitrogens with zero attached hydrogens (tertiary/aromatic N) is 1. The Morgan fingerprint density at radius 1 is 1.31 bits per heavy atom. The molecule has 0 bridgehead atoms. The topological polar surface area (TPSA) is 64.1 Å². The molecule has 1 aliphatic rings. The van der Waals surface area contributed by atoms with Crippen LogP contribution < -0.4 is 15.4 Å². The standard InChI is InChI=1S/C19H30BrN3O3/c1-21-19(23-13-16-12-17(20)4-5-18(16)24-2)22-8-3-9-26-14-15-6-10-25-11-7-15/h4-5,12,15H,3,6-11,13-14H2,1-2H3,(H2,21,22,23). The first kappa shape index (κ1) is 21.0. The van der Waals surface area contributed by atoms with Crippen LogP contribution >= 0.6 is 15.9 Å². The summed E-state index contributed by atoms with van der Waals surface area (Å²) in [6.07, 6.45) is 3.19. The van der Waals surface area contributed by atoms with E-state index in [0.717, 1.165) is 74.0 Å². The van der Waals surface area contributed by atoms with Gasteiger partial charge in [0.1, 0.15) is 5.75 Å². The van der Waals surface area contributed by atoms with E-state index in [4.69, 9.17) is 14.2 Å². The summed E-state index contributed by atoms with van der Waals surface area (Å²) in [4.78, 5) is 4.26. The van der Waals surface area contributed by atoms with Crippen molar-refractivity contribution in [2.45, 2.75) is 25.8 Å². The van der Waals surface area contributed by atoms with E-state index >= 15 is 0 Å². The number of guanidine groups is 1. The Kier molecular flexibility index (Phi) is 9.81. The van der Waals surface area contributed by atoms with Crippen LogP contribution in [0, 0.1) is 5.92 Å². The zero-order valence-corrected chi connectivity index (χ0v) is 17.3. The maximum absolute atomic E-state index is 5.78. The van der Waals surface area contributed by atoms with Crippen LogP contribution in [0.3, 0.4) is 0 Å². The van der Waals surface area contributed by atoms with E-state index in [1.165, 1.54) is 0 Å². The van der Waals surface area contributed by atoms with Crippen LogP contribution in [0.25, 0.3) is 0 Å². The van der Waals surface area contributed by atoms with Crippen molar-refractivity contribution < 1.29 is 14.2 Å². The summed E-state index contributed by atoms with van der Waals surface area (Å²) in [5.41, 5.74) is 1.07. The van der Waals surface area contributed by atoms with Crippen LogP contribution in [0.4, 0.5) is 0 Å². The summed E-state index contributed by atoms with van der Waals surface area (Å²) in [5, 5.41) is 6.63. The normalized spacial score (nSPS) is 15.7. The molecule has 1 heterocycles. The zero-order chi connectivity index (χ0) is 18.6. The molecule has 0 unspecified atom stereocenters. The van der Waals surface area contributed by atoms with Gasteiger partial charge < -0.3 is 24.8 Å². The first-order valence-corrected chi connectivity index (χ1v) is 9.94. The molecule has 146 valence electrons. The molecule has 2 N–H and O–H groups in total. The molecule has 1 aromatic carbocycles. The smallest absolute Gasteiger partial charge is 0.191 e. The van der Waals surface area contributed by atoms with Crippen molar-refractivity contribution in [2.75, 3.05) is 47.1 Å². The molecule has 1 aliphatic heterocycles. The predicted molar refractivity (Wildman–Crippen MR) is 108 cm³/mol. The van der Waals surface area contributed by atoms with Crippen molar-refractivity contribution in [3.63, 3.8) is 0 Å². The second kappa shape index (κ2) is 12.1. The Hall–Kier alpha value is -1.31. The SMILES string of the molecule is CN=C(NCCCOCC1CCOCC1)NCc1cc(Br)ccc1OC. The van der Waals surface area contributed by atoms with Crippen LogP contribution in [-0.4, -0.2) is 53.1 Å². The van der Waals surface area contributed by atoms with Gasteiger partial charge in [-0.3, -0.25) is 4.99 Å². The van der Waals surface area contributed by atoms with E-state index < -0.39 is 0 Å². The monoisotopic (exact) mass is 427 g/mol. The Morgan fingerprint density at radius 2 is 2.12 bits per heavy atom. The summed E-state index contributed by atoms with van der Waals surface area (Å²) in [5.74, 6) is 2.29. The van der Waals surface area contributed by atoms with Crippen LogP contribution in [-0.2, 0) is 16.0 Å². The summed E-state index contributed by atoms with van der Waals surface area (Å²) in [6, 6.07) is 5.96. The number of benzene rings is 1. The lowest BCUT2D eigenvalue weighted by atomic mass is 10.0. The van der Waals surface area contributed by atoms with Crippen molar-refractivity contribution in [2.24, 2.45) is 10.9 Å². The lowest BCUT2D eigenvalue weighted by molar-refractivity contribution is 0.0203. The Bertz CT molecular complexity index is 563. The van der Waals surface area contributed by atoms with Crippen molar-refractivity contribution in [3.05, 3.63) is 28.2 Å². The molecule has 0 aliphatic carbocycles. The highest BCUT2D eigenvalue weighted by molar-refractivity contribution is 9.10. The second-order valence-corrected chi connectivity index (χ2v) is 7.21. The van der Waals surface area contributed by atoms with E-state index in [-0.39, 0.29) is 0 Å². The minimum atomic E-state index is 0.641. The minimum absolute atomic E-state index is 0.641. The van der Waals surface area contributed by atoms with Gasteiger partial charge in [0.2, 0.25) is 0 Å². The molecule has 0 atom stereocenters. The third-order valence-corrected chi connectivity index (χ3v) is 4.86. The van der Waals surface area contributed by atoms with Gasteiger partial charge in [-0.15, -0.1) is 0 Å². The first-order chi connectivity index (χ1) is 12.7. The van der Waals surface area contributed by atoms with Crippen molar-refractivity contribution in [1.82, 2.24) is 10.6 Å². The quantitative estimate of drug-likeness (QED) is 0.360. The molecule has 7 heteroatoms. The Morgan fingerprint density at radius 3 is 2.85 bits per heavy atom. The van der Waals surface area contributed by atoms with Crippen LogP contribution in [0.2, 0.25) is 0 Å². The molecular weight excluding hydrogens is 398 g/mol. The van der Waals surface area contributed by atoms with Gasteiger partial charge in [0.05, 0.1) is 7.11 Å². The molecule has 0 amide bonds. The minimum Gasteiger partial charge on any atom is -0.496 e. The lowest BCUT2D eigenvalue weighted by Crippen LogP contribution is -2.37. The lowest BCUT2D eigenvalue weighted by Gasteiger charge is -2.21. The number of ether oxygens (including phenoxy) is 3. The fourth-order valence-corrected chi connectivity index (χ4v) is 3.24. The van der Waals surface area contributed by atoms with Crippen LogP contribution in [0.1, 0.15) is 24.8 Å². The molecule has 0 spiro atoms. The molecule has 1 saturated heterocycles. The average molecular weight is 428 g/mol. The largest absolute Gasteiger partial charge is 0.496 e. The maximum Gasteiger partial charge on any atom is 0.191 e. The summed E-state index contributed by atoms with van der Waals surface area (Å²) in [6.45, 7) is 4.83. The van der Waals surface area contributed by atoms with Gasteiger partial charge in [-0.2, -0.15) is 0 Å². The van der Waals surface area contributed by atoms with Gasteiger partial charge in [-0.1, -0.05) is 15.9 Å². The molecule has 1 fully saturated rings.